The van der Waals surface area contributed by atoms with Crippen molar-refractivity contribution in [1.29, 1.82) is 0 Å². The molecule has 1 nitrogen and oxygen atoms in total. The van der Waals surface area contributed by atoms with Gasteiger partial charge in [0.05, 0.1) is 16.7 Å². The summed E-state index contributed by atoms with van der Waals surface area (Å²) in [5.74, 6) is 0. The Labute approximate surface area is 109 Å². The van der Waals surface area contributed by atoms with Gasteiger partial charge in [-0.05, 0) is 29.7 Å². The summed E-state index contributed by atoms with van der Waals surface area (Å²) in [5, 5.41) is -1.56. The number of halogens is 7. The molecular formula is C11H7ClF6O. The van der Waals surface area contributed by atoms with E-state index in [1.807, 2.05) is 0 Å². The van der Waals surface area contributed by atoms with E-state index in [0.717, 1.165) is 6.07 Å². The van der Waals surface area contributed by atoms with Gasteiger partial charge in [-0.2, -0.15) is 26.3 Å². The van der Waals surface area contributed by atoms with Gasteiger partial charge in [0, 0.05) is 0 Å². The number of rotatable bonds is 2. The van der Waals surface area contributed by atoms with E-state index in [-0.39, 0.29) is 12.0 Å². The average Bonchev–Trinajstić information content (AvgIpc) is 2.24. The predicted molar refractivity (Wildman–Crippen MR) is 56.0 cm³/mol. The summed E-state index contributed by atoms with van der Waals surface area (Å²) in [7, 11) is 0. The molecule has 0 saturated heterocycles. The number of carbonyl (C=O) groups is 1. The highest BCUT2D eigenvalue weighted by atomic mass is 35.5. The van der Waals surface area contributed by atoms with Crippen LogP contribution in [-0.4, -0.2) is 5.24 Å². The molecule has 0 N–H and O–H groups in total. The van der Waals surface area contributed by atoms with Crippen LogP contribution < -0.4 is 0 Å². The zero-order valence-electron chi connectivity index (χ0n) is 9.42. The van der Waals surface area contributed by atoms with Crippen molar-refractivity contribution < 1.29 is 31.1 Å². The van der Waals surface area contributed by atoms with Crippen molar-refractivity contribution in [3.8, 4) is 0 Å². The molecule has 8 heteroatoms. The molecule has 106 valence electrons. The first-order valence-electron chi connectivity index (χ1n) is 5.00. The fourth-order valence-electron chi connectivity index (χ4n) is 1.70. The maximum atomic E-state index is 12.8. The molecule has 0 heterocycles. The number of benzene rings is 1. The molecule has 0 amide bonds. The molecule has 0 aromatic heterocycles. The second-order valence-electron chi connectivity index (χ2n) is 3.65. The summed E-state index contributed by atoms with van der Waals surface area (Å²) in [5.41, 5.74) is -5.26. The van der Waals surface area contributed by atoms with Crippen LogP contribution in [0.25, 0.3) is 0 Å². The van der Waals surface area contributed by atoms with Crippen molar-refractivity contribution in [3.63, 3.8) is 0 Å². The smallest absolute Gasteiger partial charge is 0.276 e. The number of carbonyl (C=O) groups excluding carboxylic acids is 1. The van der Waals surface area contributed by atoms with E-state index < -0.39 is 34.3 Å². The van der Waals surface area contributed by atoms with Crippen LogP contribution in [0.1, 0.15) is 34.0 Å². The number of aryl methyl sites for hydroxylation is 1. The first-order chi connectivity index (χ1) is 8.50. The first kappa shape index (κ1) is 15.8. The van der Waals surface area contributed by atoms with E-state index in [1.54, 1.807) is 0 Å². The first-order valence-corrected chi connectivity index (χ1v) is 5.38. The number of hydrogen-bond donors (Lipinski definition) is 0. The molecule has 1 aromatic rings. The minimum absolute atomic E-state index is 0.0466. The van der Waals surface area contributed by atoms with Crippen LogP contribution in [0.4, 0.5) is 26.3 Å². The third kappa shape index (κ3) is 3.20. The second kappa shape index (κ2) is 5.03. The third-order valence-corrected chi connectivity index (χ3v) is 2.65. The Hall–Kier alpha value is -1.24. The van der Waals surface area contributed by atoms with Crippen LogP contribution >= 0.6 is 11.6 Å². The van der Waals surface area contributed by atoms with Crippen molar-refractivity contribution in [2.75, 3.05) is 0 Å². The van der Waals surface area contributed by atoms with Crippen LogP contribution in [0, 0.1) is 0 Å². The monoisotopic (exact) mass is 304 g/mol. The van der Waals surface area contributed by atoms with Crippen LogP contribution in [0.3, 0.4) is 0 Å². The van der Waals surface area contributed by atoms with Gasteiger partial charge in [-0.25, -0.2) is 0 Å². The molecular weight excluding hydrogens is 298 g/mol. The number of alkyl halides is 6. The lowest BCUT2D eigenvalue weighted by Gasteiger charge is -2.19. The quantitative estimate of drug-likeness (QED) is 0.573. The maximum absolute atomic E-state index is 12.8. The van der Waals surface area contributed by atoms with Gasteiger partial charge < -0.3 is 0 Å². The fraction of sp³-hybridized carbons (Fsp3) is 0.364. The highest BCUT2D eigenvalue weighted by Gasteiger charge is 2.46. The Morgan fingerprint density at radius 3 is 1.95 bits per heavy atom. The number of hydrogen-bond acceptors (Lipinski definition) is 1. The minimum Gasteiger partial charge on any atom is -0.276 e. The highest BCUT2D eigenvalue weighted by molar-refractivity contribution is 6.68. The highest BCUT2D eigenvalue weighted by Crippen LogP contribution is 2.43. The molecule has 0 fully saturated rings. The van der Waals surface area contributed by atoms with Gasteiger partial charge in [-0.15, -0.1) is 0 Å². The van der Waals surface area contributed by atoms with Gasteiger partial charge in [-0.1, -0.05) is 13.0 Å². The summed E-state index contributed by atoms with van der Waals surface area (Å²) >= 11 is 5.01. The van der Waals surface area contributed by atoms with Crippen LogP contribution in [0.15, 0.2) is 12.1 Å². The van der Waals surface area contributed by atoms with Crippen molar-refractivity contribution in [1.82, 2.24) is 0 Å². The summed E-state index contributed by atoms with van der Waals surface area (Å²) in [6.07, 6.45) is -10.6. The summed E-state index contributed by atoms with van der Waals surface area (Å²) in [6, 6.07) is 1.14. The van der Waals surface area contributed by atoms with Crippen molar-refractivity contribution in [2.45, 2.75) is 25.7 Å². The summed E-state index contributed by atoms with van der Waals surface area (Å²) < 4.78 is 76.2. The van der Waals surface area contributed by atoms with Crippen LogP contribution in [0.5, 0.6) is 0 Å². The Kier molecular flexibility index (Phi) is 4.19. The van der Waals surface area contributed by atoms with Gasteiger partial charge in [0.25, 0.3) is 5.24 Å². The predicted octanol–water partition coefficient (Wildman–Crippen LogP) is 4.67. The van der Waals surface area contributed by atoms with Gasteiger partial charge in [0.1, 0.15) is 0 Å². The van der Waals surface area contributed by atoms with Gasteiger partial charge in [0.15, 0.2) is 0 Å². The lowest BCUT2D eigenvalue weighted by atomic mass is 9.94. The Morgan fingerprint density at radius 2 is 1.63 bits per heavy atom. The standard InChI is InChI=1S/C11H7ClF6O/c1-2-5-3-4-6(10(13,14)15)8(11(16,17)18)7(5)9(12)19/h3-4H,2H2,1H3. The molecule has 0 bridgehead atoms. The lowest BCUT2D eigenvalue weighted by molar-refractivity contribution is -0.162. The normalized spacial score (nSPS) is 12.6. The van der Waals surface area contributed by atoms with Crippen molar-refractivity contribution in [3.05, 3.63) is 34.4 Å². The average molecular weight is 305 g/mol. The topological polar surface area (TPSA) is 17.1 Å². The molecule has 0 saturated carbocycles. The molecule has 0 radical (unpaired) electrons. The SMILES string of the molecule is CCc1ccc(C(F)(F)F)c(C(F)(F)F)c1C(=O)Cl. The van der Waals surface area contributed by atoms with E-state index >= 15 is 0 Å². The fourth-order valence-corrected chi connectivity index (χ4v) is 1.91. The third-order valence-electron chi connectivity index (χ3n) is 2.46. The van der Waals surface area contributed by atoms with E-state index in [0.29, 0.717) is 6.07 Å². The van der Waals surface area contributed by atoms with E-state index in [4.69, 9.17) is 11.6 Å². The molecule has 0 aliphatic heterocycles. The van der Waals surface area contributed by atoms with Crippen molar-refractivity contribution >= 4 is 16.8 Å². The summed E-state index contributed by atoms with van der Waals surface area (Å²) in [4.78, 5) is 11.1. The minimum atomic E-state index is -5.32. The molecule has 1 rings (SSSR count). The van der Waals surface area contributed by atoms with Gasteiger partial charge in [0.2, 0.25) is 0 Å². The second-order valence-corrected chi connectivity index (χ2v) is 3.99. The zero-order valence-corrected chi connectivity index (χ0v) is 10.2. The lowest BCUT2D eigenvalue weighted by Crippen LogP contribution is -2.21. The maximum Gasteiger partial charge on any atom is 0.417 e. The van der Waals surface area contributed by atoms with Crippen LogP contribution in [0.2, 0.25) is 0 Å². The molecule has 0 unspecified atom stereocenters. The largest absolute Gasteiger partial charge is 0.417 e. The van der Waals surface area contributed by atoms with E-state index in [1.165, 1.54) is 6.92 Å². The summed E-state index contributed by atoms with van der Waals surface area (Å²) in [6.45, 7) is 1.41. The molecule has 1 aromatic carbocycles. The van der Waals surface area contributed by atoms with E-state index in [9.17, 15) is 31.1 Å². The Balaban J connectivity index is 3.81. The Morgan fingerprint density at radius 1 is 1.11 bits per heavy atom. The van der Waals surface area contributed by atoms with Crippen molar-refractivity contribution in [2.24, 2.45) is 0 Å². The molecule has 0 aliphatic carbocycles. The van der Waals surface area contributed by atoms with Crippen LogP contribution in [-0.2, 0) is 18.8 Å². The molecule has 0 spiro atoms. The Bertz CT molecular complexity index is 503. The molecule has 0 atom stereocenters. The molecule has 19 heavy (non-hydrogen) atoms. The van der Waals surface area contributed by atoms with E-state index in [2.05, 4.69) is 0 Å². The van der Waals surface area contributed by atoms with Gasteiger partial charge >= 0.3 is 12.4 Å². The zero-order chi connectivity index (χ0) is 15.0. The molecule has 0 aliphatic rings. The van der Waals surface area contributed by atoms with Gasteiger partial charge in [-0.3, -0.25) is 4.79 Å².